The molecular weight excluding hydrogens is 228 g/mol. The summed E-state index contributed by atoms with van der Waals surface area (Å²) in [4.78, 5) is 10.8. The molecule has 4 heteroatoms. The summed E-state index contributed by atoms with van der Waals surface area (Å²) in [5, 5.41) is 0. The van der Waals surface area contributed by atoms with Crippen molar-refractivity contribution in [2.24, 2.45) is 0 Å². The zero-order chi connectivity index (χ0) is 12.3. The quantitative estimate of drug-likeness (QED) is 0.742. The molecule has 0 N–H and O–H groups in total. The Hall–Kier alpha value is -1.22. The zero-order valence-corrected chi connectivity index (χ0v) is 10.6. The van der Waals surface area contributed by atoms with Crippen LogP contribution in [0.25, 0.3) is 0 Å². The molecule has 88 valence electrons. The molecule has 0 amide bonds. The van der Waals surface area contributed by atoms with Gasteiger partial charge in [-0.25, -0.2) is 4.79 Å². The van der Waals surface area contributed by atoms with E-state index in [-0.39, 0.29) is 5.41 Å². The molecule has 0 aliphatic rings. The predicted octanol–water partition coefficient (Wildman–Crippen LogP) is 3.73. The molecular formula is C12H15ClO3. The number of hydrogen-bond donors (Lipinski definition) is 0. The minimum absolute atomic E-state index is 0.157. The summed E-state index contributed by atoms with van der Waals surface area (Å²) in [6, 6.07) is 5.25. The van der Waals surface area contributed by atoms with E-state index in [9.17, 15) is 4.79 Å². The lowest BCUT2D eigenvalue weighted by Gasteiger charge is -2.22. The monoisotopic (exact) mass is 242 g/mol. The normalized spacial score (nSPS) is 11.1. The summed E-state index contributed by atoms with van der Waals surface area (Å²) in [6.45, 7) is 6.06. The third kappa shape index (κ3) is 3.14. The zero-order valence-electron chi connectivity index (χ0n) is 9.83. The van der Waals surface area contributed by atoms with Crippen LogP contribution in [0.2, 0.25) is 0 Å². The Morgan fingerprint density at radius 2 is 1.94 bits per heavy atom. The van der Waals surface area contributed by atoms with Crippen LogP contribution in [0.3, 0.4) is 0 Å². The minimum Gasteiger partial charge on any atom is -0.497 e. The van der Waals surface area contributed by atoms with Crippen molar-refractivity contribution in [3.63, 3.8) is 0 Å². The average molecular weight is 243 g/mol. The molecule has 3 nitrogen and oxygen atoms in total. The van der Waals surface area contributed by atoms with Crippen molar-refractivity contribution < 1.29 is 14.3 Å². The summed E-state index contributed by atoms with van der Waals surface area (Å²) >= 11 is 5.22. The topological polar surface area (TPSA) is 35.5 Å². The number of benzene rings is 1. The van der Waals surface area contributed by atoms with Crippen molar-refractivity contribution in [2.45, 2.75) is 26.2 Å². The average Bonchev–Trinajstić information content (AvgIpc) is 2.15. The van der Waals surface area contributed by atoms with E-state index in [1.807, 2.05) is 26.8 Å². The van der Waals surface area contributed by atoms with Gasteiger partial charge in [0.1, 0.15) is 11.5 Å². The van der Waals surface area contributed by atoms with Gasteiger partial charge in [0, 0.05) is 17.2 Å². The molecule has 0 saturated heterocycles. The maximum Gasteiger partial charge on any atom is 0.409 e. The van der Waals surface area contributed by atoms with Gasteiger partial charge in [0.2, 0.25) is 0 Å². The second-order valence-electron chi connectivity index (χ2n) is 4.45. The van der Waals surface area contributed by atoms with E-state index in [1.165, 1.54) is 0 Å². The molecule has 1 aromatic carbocycles. The third-order valence-corrected chi connectivity index (χ3v) is 2.26. The fourth-order valence-electron chi connectivity index (χ4n) is 1.40. The Labute approximate surface area is 100 Å². The second kappa shape index (κ2) is 4.74. The summed E-state index contributed by atoms with van der Waals surface area (Å²) in [5.74, 6) is 1.19. The number of hydrogen-bond acceptors (Lipinski definition) is 3. The lowest BCUT2D eigenvalue weighted by atomic mass is 9.86. The van der Waals surface area contributed by atoms with Gasteiger partial charge in [0.15, 0.2) is 0 Å². The lowest BCUT2D eigenvalue weighted by Crippen LogP contribution is -2.14. The molecule has 0 bridgehead atoms. The van der Waals surface area contributed by atoms with Crippen molar-refractivity contribution in [3.8, 4) is 11.5 Å². The van der Waals surface area contributed by atoms with E-state index in [2.05, 4.69) is 0 Å². The molecule has 16 heavy (non-hydrogen) atoms. The van der Waals surface area contributed by atoms with Crippen molar-refractivity contribution in [2.75, 3.05) is 7.11 Å². The molecule has 0 aromatic heterocycles. The van der Waals surface area contributed by atoms with E-state index in [0.717, 1.165) is 11.3 Å². The first-order chi connectivity index (χ1) is 7.34. The van der Waals surface area contributed by atoms with Gasteiger partial charge in [-0.1, -0.05) is 20.8 Å². The maximum atomic E-state index is 10.8. The first-order valence-corrected chi connectivity index (χ1v) is 5.28. The smallest absolute Gasteiger partial charge is 0.409 e. The highest BCUT2D eigenvalue weighted by Crippen LogP contribution is 2.34. The van der Waals surface area contributed by atoms with E-state index >= 15 is 0 Å². The van der Waals surface area contributed by atoms with Crippen molar-refractivity contribution in [1.82, 2.24) is 0 Å². The fourth-order valence-corrected chi connectivity index (χ4v) is 1.48. The van der Waals surface area contributed by atoms with Gasteiger partial charge in [0.05, 0.1) is 7.11 Å². The van der Waals surface area contributed by atoms with Crippen LogP contribution in [0.4, 0.5) is 4.79 Å². The number of ether oxygens (including phenoxy) is 2. The first-order valence-electron chi connectivity index (χ1n) is 4.90. The van der Waals surface area contributed by atoms with Gasteiger partial charge < -0.3 is 9.47 Å². The van der Waals surface area contributed by atoms with Crippen LogP contribution in [-0.2, 0) is 5.41 Å². The van der Waals surface area contributed by atoms with Crippen molar-refractivity contribution in [1.29, 1.82) is 0 Å². The molecule has 1 rings (SSSR count). The van der Waals surface area contributed by atoms with Crippen molar-refractivity contribution >= 4 is 17.0 Å². The SMILES string of the molecule is COc1ccc(OC(=O)Cl)c(C(C)(C)C)c1. The lowest BCUT2D eigenvalue weighted by molar-refractivity contribution is 0.224. The number of halogens is 1. The molecule has 0 aliphatic heterocycles. The Balaban J connectivity index is 3.22. The van der Waals surface area contributed by atoms with E-state index in [0.29, 0.717) is 5.75 Å². The number of carbonyl (C=O) groups excluding carboxylic acids is 1. The number of carbonyl (C=O) groups is 1. The number of rotatable bonds is 2. The van der Waals surface area contributed by atoms with E-state index in [4.69, 9.17) is 21.1 Å². The highest BCUT2D eigenvalue weighted by Gasteiger charge is 2.21. The molecule has 0 unspecified atom stereocenters. The standard InChI is InChI=1S/C12H15ClO3/c1-12(2,3)9-7-8(15-4)5-6-10(9)16-11(13)14/h5-7H,1-4H3. The van der Waals surface area contributed by atoms with Gasteiger partial charge >= 0.3 is 5.43 Å². The predicted molar refractivity (Wildman–Crippen MR) is 63.6 cm³/mol. The summed E-state index contributed by atoms with van der Waals surface area (Å²) < 4.78 is 10.1. The van der Waals surface area contributed by atoms with Gasteiger partial charge in [-0.3, -0.25) is 0 Å². The molecule has 0 heterocycles. The fraction of sp³-hybridized carbons (Fsp3) is 0.417. The second-order valence-corrected chi connectivity index (χ2v) is 4.76. The van der Waals surface area contributed by atoms with Gasteiger partial charge in [-0.2, -0.15) is 0 Å². The molecule has 0 fully saturated rings. The highest BCUT2D eigenvalue weighted by molar-refractivity contribution is 6.61. The first kappa shape index (κ1) is 12.8. The van der Waals surface area contributed by atoms with Crippen LogP contribution < -0.4 is 9.47 Å². The van der Waals surface area contributed by atoms with Crippen LogP contribution in [0.15, 0.2) is 18.2 Å². The third-order valence-electron chi connectivity index (χ3n) is 2.18. The maximum absolute atomic E-state index is 10.8. The Bertz CT molecular complexity index is 394. The molecule has 0 atom stereocenters. The Morgan fingerprint density at radius 1 is 1.31 bits per heavy atom. The van der Waals surface area contributed by atoms with Crippen LogP contribution in [0.1, 0.15) is 26.3 Å². The van der Waals surface area contributed by atoms with Crippen LogP contribution >= 0.6 is 11.6 Å². The van der Waals surface area contributed by atoms with Gasteiger partial charge in [-0.05, 0) is 23.6 Å². The number of methoxy groups -OCH3 is 1. The van der Waals surface area contributed by atoms with Crippen molar-refractivity contribution in [3.05, 3.63) is 23.8 Å². The van der Waals surface area contributed by atoms with E-state index < -0.39 is 5.43 Å². The Morgan fingerprint density at radius 3 is 2.38 bits per heavy atom. The Kier molecular flexibility index (Phi) is 3.81. The van der Waals surface area contributed by atoms with Crippen LogP contribution in [0, 0.1) is 0 Å². The molecule has 1 aromatic rings. The molecule has 0 aliphatic carbocycles. The van der Waals surface area contributed by atoms with Crippen LogP contribution in [-0.4, -0.2) is 12.5 Å². The van der Waals surface area contributed by atoms with Gasteiger partial charge in [-0.15, -0.1) is 0 Å². The molecule has 0 radical (unpaired) electrons. The molecule has 0 saturated carbocycles. The molecule has 0 spiro atoms. The largest absolute Gasteiger partial charge is 0.497 e. The van der Waals surface area contributed by atoms with Gasteiger partial charge in [0.25, 0.3) is 0 Å². The minimum atomic E-state index is -0.837. The van der Waals surface area contributed by atoms with E-state index in [1.54, 1.807) is 19.2 Å². The summed E-state index contributed by atoms with van der Waals surface area (Å²) in [5.41, 5.74) is -0.118. The summed E-state index contributed by atoms with van der Waals surface area (Å²) in [6.07, 6.45) is 0. The summed E-state index contributed by atoms with van der Waals surface area (Å²) in [7, 11) is 1.59. The highest BCUT2D eigenvalue weighted by atomic mass is 35.5. The van der Waals surface area contributed by atoms with Crippen LogP contribution in [0.5, 0.6) is 11.5 Å².